The van der Waals surface area contributed by atoms with Crippen molar-refractivity contribution >= 4 is 12.0 Å². The van der Waals surface area contributed by atoms with Crippen molar-refractivity contribution < 1.29 is 19.0 Å². The lowest BCUT2D eigenvalue weighted by Gasteiger charge is -2.24. The third-order valence-corrected chi connectivity index (χ3v) is 6.46. The Kier molecular flexibility index (Phi) is 8.19. The highest BCUT2D eigenvalue weighted by Gasteiger charge is 2.27. The number of nitrogens with zero attached hydrogens (tertiary/aromatic N) is 2. The highest BCUT2D eigenvalue weighted by molar-refractivity contribution is 5.93. The minimum Gasteiger partial charge on any atom is -0.490 e. The Morgan fingerprint density at radius 2 is 2.00 bits per heavy atom. The number of aromatic nitrogens is 1. The number of carbonyl (C=O) groups is 1. The van der Waals surface area contributed by atoms with Crippen molar-refractivity contribution in [3.8, 4) is 5.75 Å². The van der Waals surface area contributed by atoms with Crippen LogP contribution in [0.2, 0.25) is 0 Å². The van der Waals surface area contributed by atoms with Crippen molar-refractivity contribution in [1.82, 2.24) is 9.47 Å². The molecule has 1 aromatic carbocycles. The summed E-state index contributed by atoms with van der Waals surface area (Å²) in [6.45, 7) is 5.94. The number of fused-ring (bicyclic) bond motifs is 1. The van der Waals surface area contributed by atoms with E-state index in [9.17, 15) is 9.59 Å². The van der Waals surface area contributed by atoms with Crippen molar-refractivity contribution in [3.63, 3.8) is 0 Å². The molecule has 1 unspecified atom stereocenters. The molecule has 1 fully saturated rings. The van der Waals surface area contributed by atoms with E-state index in [0.717, 1.165) is 45.5 Å². The van der Waals surface area contributed by atoms with Gasteiger partial charge in [-0.25, -0.2) is 4.79 Å². The molecule has 1 atom stereocenters. The smallest absolute Gasteiger partial charge is 0.343 e. The zero-order valence-electron chi connectivity index (χ0n) is 20.1. The van der Waals surface area contributed by atoms with Gasteiger partial charge in [-0.3, -0.25) is 9.69 Å². The van der Waals surface area contributed by atoms with Crippen LogP contribution in [0.3, 0.4) is 0 Å². The number of rotatable bonds is 7. The third kappa shape index (κ3) is 5.96. The molecule has 182 valence electrons. The largest absolute Gasteiger partial charge is 0.490 e. The second-order valence-electron chi connectivity index (χ2n) is 9.04. The van der Waals surface area contributed by atoms with Gasteiger partial charge in [0.05, 0.1) is 13.2 Å². The van der Waals surface area contributed by atoms with E-state index >= 15 is 0 Å². The van der Waals surface area contributed by atoms with Gasteiger partial charge in [0.15, 0.2) is 0 Å². The van der Waals surface area contributed by atoms with E-state index in [2.05, 4.69) is 30.0 Å². The summed E-state index contributed by atoms with van der Waals surface area (Å²) in [5, 5.41) is 0. The topological polar surface area (TPSA) is 70.0 Å². The van der Waals surface area contributed by atoms with Crippen molar-refractivity contribution in [2.45, 2.75) is 45.3 Å². The number of ether oxygens (including phenoxy) is 3. The lowest BCUT2D eigenvalue weighted by molar-refractivity contribution is -0.0114. The second-order valence-corrected chi connectivity index (χ2v) is 9.04. The molecule has 7 heteroatoms. The average molecular weight is 467 g/mol. The first-order valence-corrected chi connectivity index (χ1v) is 12.1. The van der Waals surface area contributed by atoms with Crippen LogP contribution in [0, 0.1) is 0 Å². The van der Waals surface area contributed by atoms with Crippen LogP contribution in [0.4, 0.5) is 0 Å². The van der Waals surface area contributed by atoms with Crippen molar-refractivity contribution in [3.05, 3.63) is 69.1 Å². The predicted octanol–water partition coefficient (Wildman–Crippen LogP) is 3.54. The van der Waals surface area contributed by atoms with E-state index in [0.29, 0.717) is 36.6 Å². The molecule has 0 saturated carbocycles. The van der Waals surface area contributed by atoms with Gasteiger partial charge in [0.1, 0.15) is 17.9 Å². The van der Waals surface area contributed by atoms with Crippen molar-refractivity contribution in [2.75, 3.05) is 40.0 Å². The Morgan fingerprint density at radius 1 is 1.18 bits per heavy atom. The van der Waals surface area contributed by atoms with E-state index in [-0.39, 0.29) is 11.7 Å². The lowest BCUT2D eigenvalue weighted by Crippen LogP contribution is -2.31. The fourth-order valence-corrected chi connectivity index (χ4v) is 4.74. The van der Waals surface area contributed by atoms with E-state index in [1.807, 2.05) is 18.2 Å². The molecule has 0 amide bonds. The van der Waals surface area contributed by atoms with Gasteiger partial charge in [0.25, 0.3) is 5.56 Å². The van der Waals surface area contributed by atoms with E-state index in [4.69, 9.17) is 14.2 Å². The van der Waals surface area contributed by atoms with Gasteiger partial charge in [-0.15, -0.1) is 0 Å². The molecule has 0 aliphatic carbocycles. The molecule has 7 nitrogen and oxygen atoms in total. The normalized spacial score (nSPS) is 19.2. The monoisotopic (exact) mass is 466 g/mol. The van der Waals surface area contributed by atoms with Crippen LogP contribution >= 0.6 is 0 Å². The summed E-state index contributed by atoms with van der Waals surface area (Å²) < 4.78 is 18.5. The molecule has 2 aliphatic rings. The molecular weight excluding hydrogens is 432 g/mol. The van der Waals surface area contributed by atoms with Crippen LogP contribution in [0.5, 0.6) is 5.75 Å². The van der Waals surface area contributed by atoms with Gasteiger partial charge in [-0.05, 0) is 31.7 Å². The highest BCUT2D eigenvalue weighted by Crippen LogP contribution is 2.25. The Labute approximate surface area is 200 Å². The van der Waals surface area contributed by atoms with Crippen LogP contribution in [0.15, 0.2) is 46.8 Å². The second kappa shape index (κ2) is 11.5. The summed E-state index contributed by atoms with van der Waals surface area (Å²) in [4.78, 5) is 28.1. The number of carbonyl (C=O) groups excluding carboxylic acids is 1. The number of esters is 1. The maximum Gasteiger partial charge on any atom is 0.343 e. The van der Waals surface area contributed by atoms with Crippen molar-refractivity contribution in [2.24, 2.45) is 0 Å². The predicted molar refractivity (Wildman–Crippen MR) is 131 cm³/mol. The average Bonchev–Trinajstić information content (AvgIpc) is 3.06. The molecule has 0 radical (unpaired) electrons. The SMILES string of the molecule is COC(=O)c1c(OCC2CCCCO2)cc(=O)n2c1CCN(CC(C)=Cc1ccccc1)CC2. The minimum atomic E-state index is -0.475. The summed E-state index contributed by atoms with van der Waals surface area (Å²) >= 11 is 0. The number of pyridine rings is 1. The zero-order chi connectivity index (χ0) is 23.9. The van der Waals surface area contributed by atoms with Crippen molar-refractivity contribution in [1.29, 1.82) is 0 Å². The Morgan fingerprint density at radius 3 is 2.74 bits per heavy atom. The quantitative estimate of drug-likeness (QED) is 0.582. The van der Waals surface area contributed by atoms with Gasteiger partial charge in [-0.1, -0.05) is 42.0 Å². The number of benzene rings is 1. The van der Waals surface area contributed by atoms with E-state index in [1.165, 1.54) is 24.3 Å². The van der Waals surface area contributed by atoms with Crippen LogP contribution in [0.25, 0.3) is 6.08 Å². The summed E-state index contributed by atoms with van der Waals surface area (Å²) in [6.07, 6.45) is 5.80. The molecule has 34 heavy (non-hydrogen) atoms. The standard InChI is InChI=1S/C27H34N2O5/c1-20(16-21-8-4-3-5-9-21)18-28-12-11-23-26(27(31)32-2)24(17-25(30)29(23)14-13-28)34-19-22-10-6-7-15-33-22/h3-5,8-9,16-17,22H,6-7,10-15,18-19H2,1-2H3. The molecule has 3 heterocycles. The van der Waals surface area contributed by atoms with Crippen LogP contribution in [0.1, 0.15) is 47.8 Å². The molecule has 2 aliphatic heterocycles. The Hall–Kier alpha value is -2.90. The highest BCUT2D eigenvalue weighted by atomic mass is 16.5. The Bertz CT molecular complexity index is 1070. The van der Waals surface area contributed by atoms with Crippen LogP contribution < -0.4 is 10.3 Å². The summed E-state index contributed by atoms with van der Waals surface area (Å²) in [5.41, 5.74) is 3.31. The molecule has 1 aromatic heterocycles. The lowest BCUT2D eigenvalue weighted by atomic mass is 10.1. The van der Waals surface area contributed by atoms with Gasteiger partial charge >= 0.3 is 5.97 Å². The maximum atomic E-state index is 13.0. The van der Waals surface area contributed by atoms with E-state index < -0.39 is 5.97 Å². The minimum absolute atomic E-state index is 0.0179. The number of hydrogen-bond acceptors (Lipinski definition) is 6. The first-order chi connectivity index (χ1) is 16.5. The Balaban J connectivity index is 1.52. The van der Waals surface area contributed by atoms with Gasteiger partial charge in [0, 0.05) is 51.0 Å². The maximum absolute atomic E-state index is 13.0. The molecule has 0 bridgehead atoms. The molecule has 0 spiro atoms. The molecule has 4 rings (SSSR count). The fraction of sp³-hybridized carbons (Fsp3) is 0.481. The van der Waals surface area contributed by atoms with Crippen LogP contribution in [-0.2, 0) is 22.4 Å². The van der Waals surface area contributed by atoms with Gasteiger partial charge in [-0.2, -0.15) is 0 Å². The molecule has 2 aromatic rings. The first kappa shape index (κ1) is 24.2. The van der Waals surface area contributed by atoms with Crippen LogP contribution in [-0.4, -0.2) is 61.5 Å². The summed E-state index contributed by atoms with van der Waals surface area (Å²) in [7, 11) is 1.36. The van der Waals surface area contributed by atoms with Gasteiger partial charge in [0.2, 0.25) is 0 Å². The van der Waals surface area contributed by atoms with E-state index in [1.54, 1.807) is 4.57 Å². The van der Waals surface area contributed by atoms with Gasteiger partial charge < -0.3 is 18.8 Å². The molecular formula is C27H34N2O5. The fourth-order valence-electron chi connectivity index (χ4n) is 4.74. The first-order valence-electron chi connectivity index (χ1n) is 12.1. The zero-order valence-corrected chi connectivity index (χ0v) is 20.1. The molecule has 1 saturated heterocycles. The number of methoxy groups -OCH3 is 1. The molecule has 0 N–H and O–H groups in total. The number of hydrogen-bond donors (Lipinski definition) is 0. The summed E-state index contributed by atoms with van der Waals surface area (Å²) in [5.74, 6) is -0.178. The third-order valence-electron chi connectivity index (χ3n) is 6.46. The summed E-state index contributed by atoms with van der Waals surface area (Å²) in [6, 6.07) is 11.7.